The molecule has 3 N–H and O–H groups in total. The summed E-state index contributed by atoms with van der Waals surface area (Å²) in [6.45, 7) is 6.64. The molecule has 0 radical (unpaired) electrons. The molecule has 1 aromatic rings. The molecule has 0 amide bonds. The van der Waals surface area contributed by atoms with E-state index < -0.39 is 10.0 Å². The Balaban J connectivity index is 2.92. The molecule has 0 spiro atoms. The third kappa shape index (κ3) is 3.80. The molecule has 0 saturated carbocycles. The summed E-state index contributed by atoms with van der Waals surface area (Å²) >= 11 is 0. The molecule has 5 heteroatoms. The van der Waals surface area contributed by atoms with Gasteiger partial charge in [-0.25, -0.2) is 13.1 Å². The van der Waals surface area contributed by atoms with Gasteiger partial charge in [-0.15, -0.1) is 0 Å². The van der Waals surface area contributed by atoms with E-state index in [4.69, 9.17) is 5.73 Å². The molecule has 0 heterocycles. The van der Waals surface area contributed by atoms with Crippen LogP contribution in [-0.4, -0.2) is 21.5 Å². The number of nitrogens with two attached hydrogens (primary N) is 1. The molecule has 0 fully saturated rings. The van der Waals surface area contributed by atoms with E-state index in [2.05, 4.69) is 4.72 Å². The predicted molar refractivity (Wildman–Crippen MR) is 74.1 cm³/mol. The maximum Gasteiger partial charge on any atom is 0.241 e. The van der Waals surface area contributed by atoms with Gasteiger partial charge in [0.15, 0.2) is 0 Å². The summed E-state index contributed by atoms with van der Waals surface area (Å²) in [4.78, 5) is 0.404. The average molecular weight is 270 g/mol. The van der Waals surface area contributed by atoms with Crippen LogP contribution in [0.3, 0.4) is 0 Å². The fourth-order valence-corrected chi connectivity index (χ4v) is 3.66. The molecule has 0 saturated heterocycles. The monoisotopic (exact) mass is 270 g/mol. The van der Waals surface area contributed by atoms with E-state index in [9.17, 15) is 8.42 Å². The quantitative estimate of drug-likeness (QED) is 0.772. The van der Waals surface area contributed by atoms with Gasteiger partial charge < -0.3 is 5.73 Å². The Morgan fingerprint density at radius 3 is 2.17 bits per heavy atom. The number of unbranched alkanes of at least 4 members (excludes halogenated alkanes) is 1. The molecule has 1 rings (SSSR count). The van der Waals surface area contributed by atoms with Crippen molar-refractivity contribution in [1.29, 1.82) is 0 Å². The predicted octanol–water partition coefficient (Wildman–Crippen LogP) is 1.63. The van der Waals surface area contributed by atoms with Crippen LogP contribution in [0.4, 0.5) is 0 Å². The summed E-state index contributed by atoms with van der Waals surface area (Å²) in [6, 6.07) is 3.78. The minimum absolute atomic E-state index is 0.404. The first-order valence-corrected chi connectivity index (χ1v) is 7.64. The van der Waals surface area contributed by atoms with E-state index in [0.29, 0.717) is 18.0 Å². The average Bonchev–Trinajstić information content (AvgIpc) is 2.22. The Labute approximate surface area is 110 Å². The van der Waals surface area contributed by atoms with Gasteiger partial charge in [-0.2, -0.15) is 0 Å². The molecule has 0 aliphatic rings. The Morgan fingerprint density at radius 1 is 1.11 bits per heavy atom. The second-order valence-corrected chi connectivity index (χ2v) is 6.33. The zero-order valence-electron chi connectivity index (χ0n) is 11.3. The van der Waals surface area contributed by atoms with Crippen molar-refractivity contribution in [2.75, 3.05) is 13.1 Å². The maximum atomic E-state index is 12.2. The van der Waals surface area contributed by atoms with Crippen LogP contribution in [0.2, 0.25) is 0 Å². The first-order valence-electron chi connectivity index (χ1n) is 6.16. The van der Waals surface area contributed by atoms with E-state index in [1.54, 1.807) is 0 Å². The molecule has 0 aliphatic heterocycles. The number of rotatable bonds is 6. The third-order valence-electron chi connectivity index (χ3n) is 2.80. The lowest BCUT2D eigenvalue weighted by molar-refractivity contribution is 0.576. The van der Waals surface area contributed by atoms with E-state index in [0.717, 1.165) is 29.5 Å². The van der Waals surface area contributed by atoms with Gasteiger partial charge in [0, 0.05) is 6.54 Å². The highest BCUT2D eigenvalue weighted by Gasteiger charge is 2.18. The van der Waals surface area contributed by atoms with E-state index in [-0.39, 0.29) is 0 Å². The molecule has 4 nitrogen and oxygen atoms in total. The number of nitrogens with one attached hydrogen (secondary N) is 1. The van der Waals surface area contributed by atoms with Crippen LogP contribution in [-0.2, 0) is 10.0 Å². The van der Waals surface area contributed by atoms with Crippen molar-refractivity contribution < 1.29 is 8.42 Å². The van der Waals surface area contributed by atoms with Crippen LogP contribution in [0.25, 0.3) is 0 Å². The molecule has 18 heavy (non-hydrogen) atoms. The Bertz CT molecular complexity index is 487. The topological polar surface area (TPSA) is 72.2 Å². The van der Waals surface area contributed by atoms with Crippen LogP contribution < -0.4 is 10.5 Å². The molecule has 0 bridgehead atoms. The highest BCUT2D eigenvalue weighted by atomic mass is 32.2. The molecule has 0 unspecified atom stereocenters. The largest absolute Gasteiger partial charge is 0.330 e. The number of hydrogen-bond acceptors (Lipinski definition) is 3. The van der Waals surface area contributed by atoms with Crippen LogP contribution in [0, 0.1) is 20.8 Å². The lowest BCUT2D eigenvalue weighted by Gasteiger charge is -2.13. The first-order chi connectivity index (χ1) is 8.38. The second kappa shape index (κ2) is 6.31. The molecule has 102 valence electrons. The Kier molecular flexibility index (Phi) is 5.31. The van der Waals surface area contributed by atoms with Crippen LogP contribution in [0.15, 0.2) is 17.0 Å². The lowest BCUT2D eigenvalue weighted by Crippen LogP contribution is -2.26. The molecule has 0 aromatic heterocycles. The zero-order chi connectivity index (χ0) is 13.8. The lowest BCUT2D eigenvalue weighted by atomic mass is 10.1. The maximum absolute atomic E-state index is 12.2. The summed E-state index contributed by atoms with van der Waals surface area (Å²) in [5.41, 5.74) is 8.03. The van der Waals surface area contributed by atoms with Crippen LogP contribution in [0.5, 0.6) is 0 Å². The fourth-order valence-electron chi connectivity index (χ4n) is 2.14. The van der Waals surface area contributed by atoms with Crippen molar-refractivity contribution >= 4 is 10.0 Å². The van der Waals surface area contributed by atoms with E-state index >= 15 is 0 Å². The smallest absolute Gasteiger partial charge is 0.241 e. The zero-order valence-corrected chi connectivity index (χ0v) is 12.1. The van der Waals surface area contributed by atoms with E-state index in [1.165, 1.54) is 0 Å². The fraction of sp³-hybridized carbons (Fsp3) is 0.538. The van der Waals surface area contributed by atoms with Gasteiger partial charge in [0.1, 0.15) is 0 Å². The Hall–Kier alpha value is -0.910. The summed E-state index contributed by atoms with van der Waals surface area (Å²) in [5.74, 6) is 0. The van der Waals surface area contributed by atoms with Gasteiger partial charge in [-0.3, -0.25) is 0 Å². The highest BCUT2D eigenvalue weighted by molar-refractivity contribution is 7.89. The summed E-state index contributed by atoms with van der Waals surface area (Å²) in [7, 11) is -3.41. The normalized spacial score (nSPS) is 11.8. The van der Waals surface area contributed by atoms with Crippen LogP contribution in [0.1, 0.15) is 29.5 Å². The SMILES string of the molecule is Cc1cc(C)c(S(=O)(=O)NCCCCN)c(C)c1. The molecule has 0 atom stereocenters. The number of aryl methyl sites for hydroxylation is 3. The minimum atomic E-state index is -3.41. The van der Waals surface area contributed by atoms with E-state index in [1.807, 2.05) is 32.9 Å². The van der Waals surface area contributed by atoms with Gasteiger partial charge in [-0.05, 0) is 51.3 Å². The van der Waals surface area contributed by atoms with Gasteiger partial charge >= 0.3 is 0 Å². The summed E-state index contributed by atoms with van der Waals surface area (Å²) in [6.07, 6.45) is 1.59. The Morgan fingerprint density at radius 2 is 1.67 bits per heavy atom. The summed E-state index contributed by atoms with van der Waals surface area (Å²) < 4.78 is 27.0. The van der Waals surface area contributed by atoms with Crippen molar-refractivity contribution in [1.82, 2.24) is 4.72 Å². The van der Waals surface area contributed by atoms with Crippen molar-refractivity contribution in [3.63, 3.8) is 0 Å². The molecular formula is C13H22N2O2S. The second-order valence-electron chi connectivity index (χ2n) is 4.62. The summed E-state index contributed by atoms with van der Waals surface area (Å²) in [5, 5.41) is 0. The number of hydrogen-bond donors (Lipinski definition) is 2. The van der Waals surface area contributed by atoms with Gasteiger partial charge in [0.25, 0.3) is 0 Å². The third-order valence-corrected chi connectivity index (χ3v) is 4.56. The molecular weight excluding hydrogens is 248 g/mol. The van der Waals surface area contributed by atoms with Gasteiger partial charge in [0.05, 0.1) is 4.90 Å². The highest BCUT2D eigenvalue weighted by Crippen LogP contribution is 2.21. The van der Waals surface area contributed by atoms with Crippen molar-refractivity contribution in [2.24, 2.45) is 5.73 Å². The molecule has 0 aliphatic carbocycles. The molecule has 1 aromatic carbocycles. The van der Waals surface area contributed by atoms with Gasteiger partial charge in [-0.1, -0.05) is 17.7 Å². The van der Waals surface area contributed by atoms with Crippen molar-refractivity contribution in [2.45, 2.75) is 38.5 Å². The number of benzene rings is 1. The van der Waals surface area contributed by atoms with Gasteiger partial charge in [0.2, 0.25) is 10.0 Å². The van der Waals surface area contributed by atoms with Crippen LogP contribution >= 0.6 is 0 Å². The van der Waals surface area contributed by atoms with Crippen molar-refractivity contribution in [3.05, 3.63) is 28.8 Å². The number of sulfonamides is 1. The minimum Gasteiger partial charge on any atom is -0.330 e. The first kappa shape index (κ1) is 15.1. The standard InChI is InChI=1S/C13H22N2O2S/c1-10-8-11(2)13(12(3)9-10)18(16,17)15-7-5-4-6-14/h8-9,15H,4-7,14H2,1-3H3. The van der Waals surface area contributed by atoms with Crippen molar-refractivity contribution in [3.8, 4) is 0 Å².